The second-order valence-electron chi connectivity index (χ2n) is 9.65. The van der Waals surface area contributed by atoms with Gasteiger partial charge in [-0.1, -0.05) is 80.5 Å². The zero-order valence-electron chi connectivity index (χ0n) is 20.5. The van der Waals surface area contributed by atoms with E-state index in [0.29, 0.717) is 5.75 Å². The summed E-state index contributed by atoms with van der Waals surface area (Å²) in [6, 6.07) is 8.61. The summed E-state index contributed by atoms with van der Waals surface area (Å²) in [5.41, 5.74) is 7.49. The molecule has 0 aliphatic rings. The second kappa shape index (κ2) is 9.61. The minimum atomic E-state index is -0.136. The SMILES string of the molecule is CC.CCc1cc(C)c(N=Cc2cc(C(C)(C)C)cc(C(C)(C)C)c2O)c(C)c1. The Bertz CT molecular complexity index is 838. The molecule has 0 saturated heterocycles. The highest BCUT2D eigenvalue weighted by molar-refractivity contribution is 5.87. The Morgan fingerprint density at radius 1 is 0.862 bits per heavy atom. The van der Waals surface area contributed by atoms with Crippen molar-refractivity contribution in [3.63, 3.8) is 0 Å². The third-order valence-electron chi connectivity index (χ3n) is 5.11. The van der Waals surface area contributed by atoms with Gasteiger partial charge in [0.15, 0.2) is 0 Å². The van der Waals surface area contributed by atoms with Gasteiger partial charge in [-0.15, -0.1) is 0 Å². The first-order chi connectivity index (χ1) is 13.3. The first-order valence-electron chi connectivity index (χ1n) is 10.9. The van der Waals surface area contributed by atoms with Gasteiger partial charge in [-0.05, 0) is 59.4 Å². The molecule has 2 aromatic carbocycles. The number of aliphatic imine (C=N–C) groups is 1. The van der Waals surface area contributed by atoms with Gasteiger partial charge in [-0.25, -0.2) is 0 Å². The Labute approximate surface area is 179 Å². The van der Waals surface area contributed by atoms with Crippen LogP contribution >= 0.6 is 0 Å². The molecule has 0 aliphatic carbocycles. The number of rotatable bonds is 3. The topological polar surface area (TPSA) is 32.6 Å². The predicted molar refractivity (Wildman–Crippen MR) is 129 cm³/mol. The highest BCUT2D eigenvalue weighted by atomic mass is 16.3. The van der Waals surface area contributed by atoms with Crippen LogP contribution in [-0.2, 0) is 17.3 Å². The van der Waals surface area contributed by atoms with Crippen LogP contribution in [-0.4, -0.2) is 11.3 Å². The summed E-state index contributed by atoms with van der Waals surface area (Å²) in [5.74, 6) is 0.333. The van der Waals surface area contributed by atoms with E-state index in [1.165, 1.54) is 22.3 Å². The van der Waals surface area contributed by atoms with Crippen molar-refractivity contribution in [1.29, 1.82) is 0 Å². The Kier molecular flexibility index (Phi) is 8.26. The number of hydrogen-bond donors (Lipinski definition) is 1. The molecule has 0 aromatic heterocycles. The van der Waals surface area contributed by atoms with Gasteiger partial charge in [-0.2, -0.15) is 0 Å². The van der Waals surface area contributed by atoms with Crippen LogP contribution in [0.1, 0.15) is 95.7 Å². The van der Waals surface area contributed by atoms with Crippen LogP contribution in [0, 0.1) is 13.8 Å². The van der Waals surface area contributed by atoms with Crippen LogP contribution in [0.15, 0.2) is 29.3 Å². The van der Waals surface area contributed by atoms with Gasteiger partial charge in [0.05, 0.1) is 5.69 Å². The summed E-state index contributed by atoms with van der Waals surface area (Å²) in [5, 5.41) is 10.9. The molecule has 2 rings (SSSR count). The molecule has 0 aliphatic heterocycles. The van der Waals surface area contributed by atoms with E-state index in [1.54, 1.807) is 0 Å². The molecule has 0 fully saturated rings. The molecule has 29 heavy (non-hydrogen) atoms. The Morgan fingerprint density at radius 3 is 1.79 bits per heavy atom. The molecule has 1 N–H and O–H groups in total. The Hall–Kier alpha value is -2.09. The van der Waals surface area contributed by atoms with Crippen LogP contribution in [0.3, 0.4) is 0 Å². The van der Waals surface area contributed by atoms with Gasteiger partial charge < -0.3 is 5.11 Å². The fourth-order valence-corrected chi connectivity index (χ4v) is 3.35. The lowest BCUT2D eigenvalue weighted by Crippen LogP contribution is -2.17. The number of phenols is 1. The first kappa shape index (κ1) is 24.9. The zero-order valence-corrected chi connectivity index (χ0v) is 20.5. The van der Waals surface area contributed by atoms with Gasteiger partial charge in [0, 0.05) is 17.3 Å². The summed E-state index contributed by atoms with van der Waals surface area (Å²) < 4.78 is 0. The summed E-state index contributed by atoms with van der Waals surface area (Å²) in [4.78, 5) is 4.77. The highest BCUT2D eigenvalue weighted by Crippen LogP contribution is 2.37. The minimum absolute atomic E-state index is 0.00486. The normalized spacial score (nSPS) is 12.1. The molecule has 0 bridgehead atoms. The average molecular weight is 396 g/mol. The standard InChI is InChI=1S/C25H35NO.C2H6/c1-10-18-11-16(2)22(17(3)12-18)26-15-19-13-20(24(4,5)6)14-21(23(19)27)25(7,8)9;1-2/h11-15,27H,10H2,1-9H3;1-2H3. The quantitative estimate of drug-likeness (QED) is 0.525. The molecule has 2 aromatic rings. The maximum atomic E-state index is 10.9. The lowest BCUT2D eigenvalue weighted by Gasteiger charge is -2.27. The van der Waals surface area contributed by atoms with Crippen molar-refractivity contribution in [3.8, 4) is 5.75 Å². The largest absolute Gasteiger partial charge is 0.507 e. The third kappa shape index (κ3) is 6.19. The van der Waals surface area contributed by atoms with E-state index in [9.17, 15) is 5.11 Å². The van der Waals surface area contributed by atoms with E-state index >= 15 is 0 Å². The summed E-state index contributed by atoms with van der Waals surface area (Å²) in [7, 11) is 0. The fraction of sp³-hybridized carbons (Fsp3) is 0.519. The molecule has 2 nitrogen and oxygen atoms in total. The van der Waals surface area contributed by atoms with Crippen LogP contribution < -0.4 is 0 Å². The average Bonchev–Trinajstić information content (AvgIpc) is 2.61. The highest BCUT2D eigenvalue weighted by Gasteiger charge is 2.24. The van der Waals surface area contributed by atoms with Gasteiger partial charge in [0.2, 0.25) is 0 Å². The number of phenolic OH excluding ortho intramolecular Hbond substituents is 1. The molecular weight excluding hydrogens is 354 g/mol. The number of aromatic hydroxyl groups is 1. The van der Waals surface area contributed by atoms with Crippen LogP contribution in [0.2, 0.25) is 0 Å². The molecule has 0 spiro atoms. The molecule has 0 atom stereocenters. The lowest BCUT2D eigenvalue weighted by atomic mass is 9.79. The van der Waals surface area contributed by atoms with Gasteiger partial charge in [-0.3, -0.25) is 4.99 Å². The summed E-state index contributed by atoms with van der Waals surface area (Å²) in [6.45, 7) is 23.4. The van der Waals surface area contributed by atoms with E-state index in [1.807, 2.05) is 20.1 Å². The van der Waals surface area contributed by atoms with E-state index in [2.05, 4.69) is 86.6 Å². The van der Waals surface area contributed by atoms with Crippen molar-refractivity contribution >= 4 is 11.9 Å². The number of benzene rings is 2. The maximum Gasteiger partial charge on any atom is 0.128 e. The molecule has 0 saturated carbocycles. The Balaban J connectivity index is 0.00000204. The number of aryl methyl sites for hydroxylation is 3. The zero-order chi connectivity index (χ0) is 22.6. The molecule has 2 heteroatoms. The third-order valence-corrected chi connectivity index (χ3v) is 5.11. The van der Waals surface area contributed by atoms with Crippen LogP contribution in [0.25, 0.3) is 0 Å². The predicted octanol–water partition coefficient (Wildman–Crippen LogP) is 7.94. The van der Waals surface area contributed by atoms with Crippen LogP contribution in [0.5, 0.6) is 5.75 Å². The van der Waals surface area contributed by atoms with Crippen molar-refractivity contribution in [2.75, 3.05) is 0 Å². The van der Waals surface area contributed by atoms with Crippen molar-refractivity contribution in [2.24, 2.45) is 4.99 Å². The molecular formula is C27H41NO. The van der Waals surface area contributed by atoms with E-state index in [4.69, 9.17) is 4.99 Å². The molecule has 0 heterocycles. The van der Waals surface area contributed by atoms with Crippen molar-refractivity contribution in [3.05, 3.63) is 57.6 Å². The number of hydrogen-bond acceptors (Lipinski definition) is 2. The van der Waals surface area contributed by atoms with Crippen molar-refractivity contribution in [2.45, 2.75) is 93.4 Å². The van der Waals surface area contributed by atoms with Crippen LogP contribution in [0.4, 0.5) is 5.69 Å². The van der Waals surface area contributed by atoms with E-state index in [0.717, 1.165) is 23.2 Å². The monoisotopic (exact) mass is 395 g/mol. The van der Waals surface area contributed by atoms with Gasteiger partial charge in [0.1, 0.15) is 5.75 Å². The maximum absolute atomic E-state index is 10.9. The van der Waals surface area contributed by atoms with E-state index in [-0.39, 0.29) is 10.8 Å². The lowest BCUT2D eigenvalue weighted by molar-refractivity contribution is 0.444. The van der Waals surface area contributed by atoms with Gasteiger partial charge in [0.25, 0.3) is 0 Å². The van der Waals surface area contributed by atoms with Crippen molar-refractivity contribution < 1.29 is 5.11 Å². The second-order valence-corrected chi connectivity index (χ2v) is 9.65. The summed E-state index contributed by atoms with van der Waals surface area (Å²) >= 11 is 0. The minimum Gasteiger partial charge on any atom is -0.507 e. The fourth-order valence-electron chi connectivity index (χ4n) is 3.35. The molecule has 0 unspecified atom stereocenters. The van der Waals surface area contributed by atoms with Gasteiger partial charge >= 0.3 is 0 Å². The Morgan fingerprint density at radius 2 is 1.38 bits per heavy atom. The molecule has 160 valence electrons. The first-order valence-corrected chi connectivity index (χ1v) is 10.9. The number of nitrogens with zero attached hydrogens (tertiary/aromatic N) is 1. The molecule has 0 radical (unpaired) electrons. The summed E-state index contributed by atoms with van der Waals surface area (Å²) in [6.07, 6.45) is 2.84. The van der Waals surface area contributed by atoms with E-state index < -0.39 is 0 Å². The van der Waals surface area contributed by atoms with Crippen molar-refractivity contribution in [1.82, 2.24) is 0 Å². The smallest absolute Gasteiger partial charge is 0.128 e. The molecule has 0 amide bonds.